The lowest BCUT2D eigenvalue weighted by atomic mass is 10.2. The zero-order valence-corrected chi connectivity index (χ0v) is 15.1. The van der Waals surface area contributed by atoms with Crippen molar-refractivity contribution >= 4 is 17.4 Å². The Balaban J connectivity index is 2.18. The van der Waals surface area contributed by atoms with E-state index in [-0.39, 0.29) is 5.91 Å². The van der Waals surface area contributed by atoms with Gasteiger partial charge in [-0.3, -0.25) is 4.79 Å². The van der Waals surface area contributed by atoms with Crippen LogP contribution in [-0.2, 0) is 0 Å². The summed E-state index contributed by atoms with van der Waals surface area (Å²) >= 11 is 0. The van der Waals surface area contributed by atoms with Crippen molar-refractivity contribution in [3.8, 4) is 11.5 Å². The molecule has 1 N–H and O–H groups in total. The first kappa shape index (κ1) is 18.5. The quantitative estimate of drug-likeness (QED) is 0.793. The van der Waals surface area contributed by atoms with Crippen molar-refractivity contribution < 1.29 is 14.3 Å². The van der Waals surface area contributed by atoms with Crippen LogP contribution in [0.25, 0.3) is 0 Å². The highest BCUT2D eigenvalue weighted by Crippen LogP contribution is 2.30. The molecule has 1 aromatic heterocycles. The molecule has 7 nitrogen and oxygen atoms in total. The summed E-state index contributed by atoms with van der Waals surface area (Å²) in [6.07, 6.45) is 3.37. The molecular formula is C18H24N4O3. The van der Waals surface area contributed by atoms with Crippen LogP contribution in [0.15, 0.2) is 30.6 Å². The molecule has 134 valence electrons. The highest BCUT2D eigenvalue weighted by atomic mass is 16.5. The average molecular weight is 344 g/mol. The maximum absolute atomic E-state index is 12.4. The second kappa shape index (κ2) is 8.86. The summed E-state index contributed by atoms with van der Waals surface area (Å²) < 4.78 is 10.5. The number of carbonyl (C=O) groups is 1. The molecule has 1 heterocycles. The van der Waals surface area contributed by atoms with Gasteiger partial charge < -0.3 is 19.7 Å². The third kappa shape index (κ3) is 4.82. The number of aromatic nitrogens is 2. The summed E-state index contributed by atoms with van der Waals surface area (Å²) in [6.45, 7) is 2.79. The summed E-state index contributed by atoms with van der Waals surface area (Å²) in [5.74, 6) is 1.70. The largest absolute Gasteiger partial charge is 0.497 e. The fraction of sp³-hybridized carbons (Fsp3) is 0.389. The molecule has 25 heavy (non-hydrogen) atoms. The van der Waals surface area contributed by atoms with Gasteiger partial charge in [-0.25, -0.2) is 9.97 Å². The number of nitrogens with one attached hydrogen (secondary N) is 1. The minimum absolute atomic E-state index is 0.124. The van der Waals surface area contributed by atoms with Crippen LogP contribution in [0, 0.1) is 0 Å². The van der Waals surface area contributed by atoms with Crippen molar-refractivity contribution in [2.24, 2.45) is 0 Å². The Morgan fingerprint density at radius 2 is 2.00 bits per heavy atom. The maximum atomic E-state index is 12.4. The fourth-order valence-electron chi connectivity index (χ4n) is 2.27. The van der Waals surface area contributed by atoms with E-state index in [0.29, 0.717) is 29.6 Å². The summed E-state index contributed by atoms with van der Waals surface area (Å²) in [5, 5.41) is 3.15. The molecule has 0 aliphatic carbocycles. The predicted molar refractivity (Wildman–Crippen MR) is 96.7 cm³/mol. The molecule has 0 saturated heterocycles. The van der Waals surface area contributed by atoms with E-state index in [0.717, 1.165) is 18.5 Å². The number of hydrogen-bond donors (Lipinski definition) is 1. The molecule has 0 radical (unpaired) electrons. The zero-order chi connectivity index (χ0) is 18.2. The number of benzene rings is 1. The number of unbranched alkanes of at least 4 members (excludes halogenated alkanes) is 1. The summed E-state index contributed by atoms with van der Waals surface area (Å²) in [5.41, 5.74) is 1.07. The van der Waals surface area contributed by atoms with Crippen LogP contribution in [-0.4, -0.2) is 48.6 Å². The molecule has 0 spiro atoms. The van der Waals surface area contributed by atoms with Crippen LogP contribution in [0.2, 0.25) is 0 Å². The molecule has 0 fully saturated rings. The molecule has 1 aromatic carbocycles. The Kier molecular flexibility index (Phi) is 6.56. The van der Waals surface area contributed by atoms with Gasteiger partial charge in [-0.2, -0.15) is 0 Å². The van der Waals surface area contributed by atoms with Gasteiger partial charge in [0.25, 0.3) is 5.91 Å². The van der Waals surface area contributed by atoms with Crippen molar-refractivity contribution in [3.63, 3.8) is 0 Å². The Morgan fingerprint density at radius 3 is 2.68 bits per heavy atom. The monoisotopic (exact) mass is 344 g/mol. The lowest BCUT2D eigenvalue weighted by molar-refractivity contribution is 0.0787. The molecule has 2 aromatic rings. The minimum Gasteiger partial charge on any atom is -0.497 e. The van der Waals surface area contributed by atoms with Crippen LogP contribution < -0.4 is 14.8 Å². The van der Waals surface area contributed by atoms with E-state index in [1.54, 1.807) is 38.3 Å². The molecule has 0 unspecified atom stereocenters. The summed E-state index contributed by atoms with van der Waals surface area (Å²) in [4.78, 5) is 22.4. The van der Waals surface area contributed by atoms with Crippen molar-refractivity contribution in [2.45, 2.75) is 19.8 Å². The number of anilines is 2. The van der Waals surface area contributed by atoms with Crippen LogP contribution >= 0.6 is 0 Å². The van der Waals surface area contributed by atoms with Gasteiger partial charge in [-0.15, -0.1) is 0 Å². The standard InChI is InChI=1S/C18H24N4O3/c1-5-6-9-22(2)18(23)15-11-17(20-12-19-15)21-14-8-7-13(24-3)10-16(14)25-4/h7-8,10-12H,5-6,9H2,1-4H3,(H,19,20,21). The second-order valence-corrected chi connectivity index (χ2v) is 5.56. The van der Waals surface area contributed by atoms with Crippen molar-refractivity contribution in [1.29, 1.82) is 0 Å². The molecule has 7 heteroatoms. The predicted octanol–water partition coefficient (Wildman–Crippen LogP) is 3.11. The lowest BCUT2D eigenvalue weighted by Crippen LogP contribution is -2.28. The second-order valence-electron chi connectivity index (χ2n) is 5.56. The van der Waals surface area contributed by atoms with Gasteiger partial charge in [-0.05, 0) is 18.6 Å². The van der Waals surface area contributed by atoms with Crippen molar-refractivity contribution in [1.82, 2.24) is 14.9 Å². The Labute approximate surface area is 148 Å². The smallest absolute Gasteiger partial charge is 0.272 e. The van der Waals surface area contributed by atoms with Crippen LogP contribution in [0.5, 0.6) is 11.5 Å². The van der Waals surface area contributed by atoms with E-state index in [2.05, 4.69) is 22.2 Å². The number of methoxy groups -OCH3 is 2. The van der Waals surface area contributed by atoms with Gasteiger partial charge in [0, 0.05) is 25.7 Å². The third-order valence-electron chi connectivity index (χ3n) is 3.75. The highest BCUT2D eigenvalue weighted by molar-refractivity contribution is 5.92. The third-order valence-corrected chi connectivity index (χ3v) is 3.75. The zero-order valence-electron chi connectivity index (χ0n) is 15.1. The summed E-state index contributed by atoms with van der Waals surface area (Å²) in [6, 6.07) is 7.05. The van der Waals surface area contributed by atoms with Gasteiger partial charge in [0.1, 0.15) is 29.3 Å². The van der Waals surface area contributed by atoms with E-state index in [9.17, 15) is 4.79 Å². The number of nitrogens with zero attached hydrogens (tertiary/aromatic N) is 3. The molecule has 0 bridgehead atoms. The van der Waals surface area contributed by atoms with E-state index >= 15 is 0 Å². The Bertz CT molecular complexity index is 721. The molecule has 0 atom stereocenters. The minimum atomic E-state index is -0.124. The van der Waals surface area contributed by atoms with Gasteiger partial charge in [0.15, 0.2) is 0 Å². The normalized spacial score (nSPS) is 10.2. The van der Waals surface area contributed by atoms with Gasteiger partial charge in [0.05, 0.1) is 19.9 Å². The first-order chi connectivity index (χ1) is 12.1. The molecule has 0 aliphatic rings. The van der Waals surface area contributed by atoms with Gasteiger partial charge in [-0.1, -0.05) is 13.3 Å². The van der Waals surface area contributed by atoms with E-state index in [1.165, 1.54) is 6.33 Å². The van der Waals surface area contributed by atoms with E-state index in [1.807, 2.05) is 12.1 Å². The Hall–Kier alpha value is -2.83. The number of rotatable bonds is 8. The van der Waals surface area contributed by atoms with Crippen molar-refractivity contribution in [3.05, 3.63) is 36.3 Å². The number of ether oxygens (including phenoxy) is 2. The highest BCUT2D eigenvalue weighted by Gasteiger charge is 2.14. The topological polar surface area (TPSA) is 76.6 Å². The lowest BCUT2D eigenvalue weighted by Gasteiger charge is -2.16. The first-order valence-corrected chi connectivity index (χ1v) is 8.15. The molecular weight excluding hydrogens is 320 g/mol. The van der Waals surface area contributed by atoms with Crippen LogP contribution in [0.4, 0.5) is 11.5 Å². The maximum Gasteiger partial charge on any atom is 0.272 e. The summed E-state index contributed by atoms with van der Waals surface area (Å²) in [7, 11) is 4.95. The van der Waals surface area contributed by atoms with Gasteiger partial charge >= 0.3 is 0 Å². The number of hydrogen-bond acceptors (Lipinski definition) is 6. The molecule has 1 amide bonds. The van der Waals surface area contributed by atoms with E-state index in [4.69, 9.17) is 9.47 Å². The molecule has 2 rings (SSSR count). The van der Waals surface area contributed by atoms with Gasteiger partial charge in [0.2, 0.25) is 0 Å². The number of amides is 1. The molecule has 0 saturated carbocycles. The fourth-order valence-corrected chi connectivity index (χ4v) is 2.27. The number of carbonyl (C=O) groups excluding carboxylic acids is 1. The first-order valence-electron chi connectivity index (χ1n) is 8.15. The average Bonchev–Trinajstić information content (AvgIpc) is 2.66. The van der Waals surface area contributed by atoms with Crippen LogP contribution in [0.3, 0.4) is 0 Å². The van der Waals surface area contributed by atoms with E-state index < -0.39 is 0 Å². The SMILES string of the molecule is CCCCN(C)C(=O)c1cc(Nc2ccc(OC)cc2OC)ncn1. The molecule has 0 aliphatic heterocycles. The van der Waals surface area contributed by atoms with Crippen molar-refractivity contribution in [2.75, 3.05) is 33.1 Å². The Morgan fingerprint density at radius 1 is 1.20 bits per heavy atom. The van der Waals surface area contributed by atoms with Crippen LogP contribution in [0.1, 0.15) is 30.3 Å².